The van der Waals surface area contributed by atoms with Gasteiger partial charge in [-0.2, -0.15) is 4.98 Å². The lowest BCUT2D eigenvalue weighted by molar-refractivity contribution is 0.174. The molecule has 10 heteroatoms. The SMILES string of the molecule is COc1ccc(NC(=O)NC2CC(c3nc(-c4ccc5c(c4)OCO5)no3)N(C)C2)cc1. The van der Waals surface area contributed by atoms with E-state index >= 15 is 0 Å². The van der Waals surface area contributed by atoms with Crippen molar-refractivity contribution >= 4 is 11.7 Å². The molecule has 3 aromatic rings. The van der Waals surface area contributed by atoms with Crippen LogP contribution in [-0.4, -0.2) is 54.6 Å². The van der Waals surface area contributed by atoms with E-state index in [1.165, 1.54) is 0 Å². The van der Waals surface area contributed by atoms with Crippen LogP contribution in [0.2, 0.25) is 0 Å². The molecular weight excluding hydrogens is 414 g/mol. The van der Waals surface area contributed by atoms with Gasteiger partial charge in [-0.25, -0.2) is 4.79 Å². The van der Waals surface area contributed by atoms with Crippen LogP contribution in [0.4, 0.5) is 10.5 Å². The fourth-order valence-corrected chi connectivity index (χ4v) is 3.94. The lowest BCUT2D eigenvalue weighted by atomic mass is 10.1. The monoisotopic (exact) mass is 437 g/mol. The van der Waals surface area contributed by atoms with Crippen LogP contribution in [0.3, 0.4) is 0 Å². The van der Waals surface area contributed by atoms with E-state index in [1.54, 1.807) is 31.4 Å². The maximum absolute atomic E-state index is 12.4. The van der Waals surface area contributed by atoms with Gasteiger partial charge in [0, 0.05) is 23.8 Å². The summed E-state index contributed by atoms with van der Waals surface area (Å²) in [7, 11) is 3.57. The van der Waals surface area contributed by atoms with E-state index in [0.717, 1.165) is 11.3 Å². The van der Waals surface area contributed by atoms with E-state index in [0.29, 0.717) is 41.9 Å². The van der Waals surface area contributed by atoms with Crippen LogP contribution in [0.5, 0.6) is 17.2 Å². The number of hydrogen-bond donors (Lipinski definition) is 2. The molecule has 0 bridgehead atoms. The third-order valence-corrected chi connectivity index (χ3v) is 5.59. The largest absolute Gasteiger partial charge is 0.497 e. The molecule has 2 amide bonds. The minimum atomic E-state index is -0.263. The van der Waals surface area contributed by atoms with Gasteiger partial charge in [0.2, 0.25) is 18.5 Å². The van der Waals surface area contributed by atoms with Crippen molar-refractivity contribution in [1.82, 2.24) is 20.4 Å². The second kappa shape index (κ2) is 8.39. The predicted molar refractivity (Wildman–Crippen MR) is 115 cm³/mol. The highest BCUT2D eigenvalue weighted by Crippen LogP contribution is 2.36. The van der Waals surface area contributed by atoms with Crippen molar-refractivity contribution in [1.29, 1.82) is 0 Å². The summed E-state index contributed by atoms with van der Waals surface area (Å²) in [5, 5.41) is 9.98. The number of hydrogen-bond acceptors (Lipinski definition) is 8. The molecule has 0 radical (unpaired) electrons. The van der Waals surface area contributed by atoms with Crippen molar-refractivity contribution in [3.8, 4) is 28.6 Å². The maximum atomic E-state index is 12.4. The molecule has 0 aliphatic carbocycles. The summed E-state index contributed by atoms with van der Waals surface area (Å²) < 4.78 is 21.4. The number of likely N-dealkylation sites (N-methyl/N-ethyl adjacent to an activating group) is 1. The quantitative estimate of drug-likeness (QED) is 0.627. The average molecular weight is 437 g/mol. The van der Waals surface area contributed by atoms with Crippen molar-refractivity contribution in [2.45, 2.75) is 18.5 Å². The number of fused-ring (bicyclic) bond motifs is 1. The van der Waals surface area contributed by atoms with Crippen LogP contribution in [0.15, 0.2) is 47.0 Å². The van der Waals surface area contributed by atoms with Gasteiger partial charge in [0.05, 0.1) is 13.2 Å². The third-order valence-electron chi connectivity index (χ3n) is 5.59. The topological polar surface area (TPSA) is 111 Å². The summed E-state index contributed by atoms with van der Waals surface area (Å²) in [5.74, 6) is 3.10. The van der Waals surface area contributed by atoms with Gasteiger partial charge in [-0.1, -0.05) is 5.16 Å². The van der Waals surface area contributed by atoms with Crippen LogP contribution >= 0.6 is 0 Å². The summed E-state index contributed by atoms with van der Waals surface area (Å²) in [6.45, 7) is 0.881. The average Bonchev–Trinajstić information content (AvgIpc) is 3.53. The Labute approximate surface area is 184 Å². The number of rotatable bonds is 5. The molecule has 2 aromatic carbocycles. The van der Waals surface area contributed by atoms with Crippen LogP contribution in [-0.2, 0) is 0 Å². The summed E-state index contributed by atoms with van der Waals surface area (Å²) in [5.41, 5.74) is 1.48. The van der Waals surface area contributed by atoms with Crippen LogP contribution in [0, 0.1) is 0 Å². The molecular formula is C22H23N5O5. The van der Waals surface area contributed by atoms with Gasteiger partial charge in [-0.05, 0) is 55.9 Å². The van der Waals surface area contributed by atoms with E-state index in [2.05, 4.69) is 25.7 Å². The Kier molecular flexibility index (Phi) is 5.28. The molecule has 166 valence electrons. The minimum absolute atomic E-state index is 0.0517. The van der Waals surface area contributed by atoms with Crippen LogP contribution < -0.4 is 24.8 Å². The number of carbonyl (C=O) groups excluding carboxylic acids is 1. The van der Waals surface area contributed by atoms with Gasteiger partial charge in [-0.3, -0.25) is 4.90 Å². The molecule has 2 N–H and O–H groups in total. The number of amides is 2. The van der Waals surface area contributed by atoms with Crippen LogP contribution in [0.1, 0.15) is 18.4 Å². The number of benzene rings is 2. The Morgan fingerprint density at radius 3 is 2.78 bits per heavy atom. The molecule has 1 saturated heterocycles. The highest BCUT2D eigenvalue weighted by molar-refractivity contribution is 5.89. The number of nitrogens with one attached hydrogen (secondary N) is 2. The minimum Gasteiger partial charge on any atom is -0.497 e. The molecule has 0 spiro atoms. The zero-order valence-electron chi connectivity index (χ0n) is 17.7. The van der Waals surface area contributed by atoms with Crippen molar-refractivity contribution in [3.05, 3.63) is 48.4 Å². The Morgan fingerprint density at radius 1 is 1.16 bits per heavy atom. The highest BCUT2D eigenvalue weighted by atomic mass is 16.7. The summed E-state index contributed by atoms with van der Waals surface area (Å²) in [4.78, 5) is 19.1. The van der Waals surface area contributed by atoms with Gasteiger partial charge in [0.15, 0.2) is 11.5 Å². The Balaban J connectivity index is 1.21. The number of methoxy groups -OCH3 is 1. The van der Waals surface area contributed by atoms with Crippen molar-refractivity contribution < 1.29 is 23.5 Å². The second-order valence-corrected chi connectivity index (χ2v) is 7.74. The first-order chi connectivity index (χ1) is 15.6. The molecule has 1 fully saturated rings. The number of ether oxygens (including phenoxy) is 3. The van der Waals surface area contributed by atoms with E-state index in [-0.39, 0.29) is 24.9 Å². The Bertz CT molecular complexity index is 1120. The summed E-state index contributed by atoms with van der Waals surface area (Å²) in [6.07, 6.45) is 0.662. The van der Waals surface area contributed by atoms with Crippen molar-refractivity contribution in [2.24, 2.45) is 0 Å². The second-order valence-electron chi connectivity index (χ2n) is 7.74. The van der Waals surface area contributed by atoms with Gasteiger partial charge < -0.3 is 29.4 Å². The molecule has 2 aliphatic heterocycles. The van der Waals surface area contributed by atoms with Crippen LogP contribution in [0.25, 0.3) is 11.4 Å². The fraction of sp³-hybridized carbons (Fsp3) is 0.318. The lowest BCUT2D eigenvalue weighted by Gasteiger charge is -2.14. The van der Waals surface area contributed by atoms with Crippen molar-refractivity contribution in [2.75, 3.05) is 32.8 Å². The summed E-state index contributed by atoms with van der Waals surface area (Å²) >= 11 is 0. The van der Waals surface area contributed by atoms with E-state index in [4.69, 9.17) is 18.7 Å². The number of carbonyl (C=O) groups is 1. The van der Waals surface area contributed by atoms with E-state index < -0.39 is 0 Å². The Morgan fingerprint density at radius 2 is 1.97 bits per heavy atom. The molecule has 0 saturated carbocycles. The van der Waals surface area contributed by atoms with E-state index in [1.807, 2.05) is 25.2 Å². The molecule has 2 unspecified atom stereocenters. The Hall–Kier alpha value is -3.79. The number of anilines is 1. The number of nitrogens with zero attached hydrogens (tertiary/aromatic N) is 3. The first kappa shape index (κ1) is 20.1. The molecule has 2 aliphatic rings. The molecule has 5 rings (SSSR count). The summed E-state index contributed by atoms with van der Waals surface area (Å²) in [6, 6.07) is 12.3. The predicted octanol–water partition coefficient (Wildman–Crippen LogP) is 3.04. The van der Waals surface area contributed by atoms with Gasteiger partial charge in [0.25, 0.3) is 0 Å². The first-order valence-electron chi connectivity index (χ1n) is 10.2. The molecule has 1 aromatic heterocycles. The highest BCUT2D eigenvalue weighted by Gasteiger charge is 2.35. The van der Waals surface area contributed by atoms with Gasteiger partial charge in [0.1, 0.15) is 5.75 Å². The molecule has 2 atom stereocenters. The molecule has 32 heavy (non-hydrogen) atoms. The molecule has 10 nitrogen and oxygen atoms in total. The maximum Gasteiger partial charge on any atom is 0.319 e. The van der Waals surface area contributed by atoms with Crippen molar-refractivity contribution in [3.63, 3.8) is 0 Å². The number of aromatic nitrogens is 2. The van der Waals surface area contributed by atoms with Gasteiger partial charge >= 0.3 is 6.03 Å². The normalized spacial score (nSPS) is 19.7. The fourth-order valence-electron chi connectivity index (χ4n) is 3.94. The third kappa shape index (κ3) is 4.04. The lowest BCUT2D eigenvalue weighted by Crippen LogP contribution is -2.39. The first-order valence-corrected chi connectivity index (χ1v) is 10.2. The zero-order chi connectivity index (χ0) is 22.1. The number of likely N-dealkylation sites (tertiary alicyclic amines) is 1. The number of urea groups is 1. The smallest absolute Gasteiger partial charge is 0.319 e. The van der Waals surface area contributed by atoms with Gasteiger partial charge in [-0.15, -0.1) is 0 Å². The standard InChI is InChI=1S/C22H23N5O5/c1-27-11-15(24-22(28)23-14-4-6-16(29-2)7-5-14)10-17(27)21-25-20(26-32-21)13-3-8-18-19(9-13)31-12-30-18/h3-9,15,17H,10-12H2,1-2H3,(H2,23,24,28). The molecule has 3 heterocycles. The zero-order valence-corrected chi connectivity index (χ0v) is 17.7. The van der Waals surface area contributed by atoms with E-state index in [9.17, 15) is 4.79 Å².